The normalized spacial score (nSPS) is 35.6. The van der Waals surface area contributed by atoms with Gasteiger partial charge in [-0.2, -0.15) is 0 Å². The van der Waals surface area contributed by atoms with E-state index < -0.39 is 0 Å². The second-order valence-electron chi connectivity index (χ2n) is 3.76. The third-order valence-corrected chi connectivity index (χ3v) is 2.59. The van der Waals surface area contributed by atoms with Crippen molar-refractivity contribution in [3.05, 3.63) is 0 Å². The SMILES string of the molecule is C[C@@]12[B][B][B][B][B][B][B][B][B][C@@H]1[B]2. The summed E-state index contributed by atoms with van der Waals surface area (Å²) in [5.74, 6) is 0. The van der Waals surface area contributed by atoms with Crippen molar-refractivity contribution in [1.29, 1.82) is 0 Å². The van der Waals surface area contributed by atoms with Crippen molar-refractivity contribution < 1.29 is 0 Å². The van der Waals surface area contributed by atoms with Gasteiger partial charge in [-0.05, 0) is 0 Å². The van der Waals surface area contributed by atoms with Crippen LogP contribution in [0.25, 0.3) is 0 Å². The van der Waals surface area contributed by atoms with Gasteiger partial charge in [-0.3, -0.25) is 0 Å². The van der Waals surface area contributed by atoms with E-state index in [0.717, 1.165) is 0 Å². The molecule has 0 aromatic carbocycles. The van der Waals surface area contributed by atoms with Gasteiger partial charge in [0, 0.05) is 56.6 Å². The fraction of sp³-hybridized carbons (Fsp3) is 1.00. The number of fused-ring (bicyclic) bond motifs is 1. The van der Waals surface area contributed by atoms with Crippen molar-refractivity contribution in [2.45, 2.75) is 17.9 Å². The van der Waals surface area contributed by atoms with Crippen LogP contribution < -0.4 is 0 Å². The van der Waals surface area contributed by atoms with Crippen LogP contribution in [0, 0.1) is 0 Å². The molecule has 0 N–H and O–H groups in total. The van der Waals surface area contributed by atoms with E-state index >= 15 is 0 Å². The first-order valence-corrected chi connectivity index (χ1v) is 4.70. The molecule has 0 bridgehead atoms. The maximum absolute atomic E-state index is 2.35. The molecule has 2 atom stereocenters. The molecule has 2 rings (SSSR count). The molecule has 0 aromatic heterocycles. The van der Waals surface area contributed by atoms with Crippen molar-refractivity contribution in [1.82, 2.24) is 0 Å². The van der Waals surface area contributed by atoms with Gasteiger partial charge in [0.1, 0.15) is 0 Å². The van der Waals surface area contributed by atoms with Gasteiger partial charge in [0.25, 0.3) is 0 Å². The number of rotatable bonds is 0. The van der Waals surface area contributed by atoms with E-state index in [-0.39, 0.29) is 0 Å². The monoisotopic (exact) mass is 150 g/mol. The van der Waals surface area contributed by atoms with E-state index in [1.165, 1.54) is 0 Å². The average Bonchev–Trinajstić information content (AvgIpc) is 2.73. The molecule has 2 heterocycles. The Bertz CT molecular complexity index is 172. The first-order valence-electron chi connectivity index (χ1n) is 4.70. The van der Waals surface area contributed by atoms with Gasteiger partial charge in [0.05, 0.1) is 14.4 Å². The quantitative estimate of drug-likeness (QED) is 0.327. The van der Waals surface area contributed by atoms with Crippen LogP contribution >= 0.6 is 0 Å². The molecular weight excluding hydrogens is 144 g/mol. The molecule has 0 nitrogen and oxygen atoms in total. The van der Waals surface area contributed by atoms with Crippen LogP contribution in [0.3, 0.4) is 0 Å². The minimum atomic E-state index is 0.305. The Morgan fingerprint density at radius 3 is 2.23 bits per heavy atom. The van der Waals surface area contributed by atoms with Crippen LogP contribution in [0.15, 0.2) is 0 Å². The molecule has 0 amide bonds. The second kappa shape index (κ2) is 4.45. The molecule has 0 aromatic rings. The lowest BCUT2D eigenvalue weighted by Gasteiger charge is -2.09. The summed E-state index contributed by atoms with van der Waals surface area (Å²) in [5.41, 5.74) is 0.625. The van der Waals surface area contributed by atoms with Gasteiger partial charge in [-0.25, -0.2) is 0 Å². The lowest BCUT2D eigenvalue weighted by atomic mass is 8.89. The number of hydrogen-bond donors (Lipinski definition) is 0. The molecule has 10 heteroatoms. The van der Waals surface area contributed by atoms with Crippen molar-refractivity contribution >= 4 is 71.0 Å². The summed E-state index contributed by atoms with van der Waals surface area (Å²) in [6.07, 6.45) is 0. The Hall–Kier alpha value is 0.649. The number of hydrogen-bond acceptors (Lipinski definition) is 0. The van der Waals surface area contributed by atoms with Gasteiger partial charge in [0.2, 0.25) is 0 Å². The Labute approximate surface area is 89.2 Å². The average molecular weight is 148 g/mol. The summed E-state index contributed by atoms with van der Waals surface area (Å²) in [7, 11) is 21.4. The predicted octanol–water partition coefficient (Wildman–Crippen LogP) is -2.74. The van der Waals surface area contributed by atoms with Crippen LogP contribution in [0.2, 0.25) is 10.9 Å². The summed E-state index contributed by atoms with van der Waals surface area (Å²) in [6, 6.07) is 0. The molecule has 10 radical (unpaired) electrons. The van der Waals surface area contributed by atoms with Crippen LogP contribution in [0.5, 0.6) is 0 Å². The summed E-state index contributed by atoms with van der Waals surface area (Å²) in [4.78, 5) is 0. The molecule has 0 aliphatic carbocycles. The lowest BCUT2D eigenvalue weighted by Crippen LogP contribution is -2.31. The van der Waals surface area contributed by atoms with E-state index in [1.54, 1.807) is 0 Å². The van der Waals surface area contributed by atoms with E-state index in [0.29, 0.717) is 10.9 Å². The minimum absolute atomic E-state index is 0.305. The standard InChI is InChI=1S/C3H4B10/c1-3-2(4-3)5-7-9-11-13-12-10-8-6-3/h2H,1H3/t2-,3+/m0/s1. The van der Waals surface area contributed by atoms with Crippen molar-refractivity contribution in [2.75, 3.05) is 0 Å². The first-order chi connectivity index (χ1) is 6.31. The van der Waals surface area contributed by atoms with Crippen LogP contribution in [0.1, 0.15) is 6.92 Å². The molecule has 2 saturated heterocycles. The van der Waals surface area contributed by atoms with E-state index in [2.05, 4.69) is 56.8 Å². The highest BCUT2D eigenvalue weighted by atomic mass is 14.2. The van der Waals surface area contributed by atoms with Crippen molar-refractivity contribution in [3.63, 3.8) is 0 Å². The first kappa shape index (κ1) is 10.2. The summed E-state index contributed by atoms with van der Waals surface area (Å²) < 4.78 is 0. The summed E-state index contributed by atoms with van der Waals surface area (Å²) in [6.45, 7) is 2.26. The maximum Gasteiger partial charge on any atom is 0.0978 e. The Morgan fingerprint density at radius 1 is 0.846 bits per heavy atom. The highest BCUT2D eigenvalue weighted by Gasteiger charge is 2.47. The molecule has 0 saturated carbocycles. The van der Waals surface area contributed by atoms with Gasteiger partial charge in [0.15, 0.2) is 0 Å². The van der Waals surface area contributed by atoms with Gasteiger partial charge in [-0.15, -0.1) is 10.9 Å². The third-order valence-electron chi connectivity index (χ3n) is 2.59. The Balaban J connectivity index is 1.79. The summed E-state index contributed by atoms with van der Waals surface area (Å²) in [5, 5.41) is 0.305. The molecule has 2 fully saturated rings. The van der Waals surface area contributed by atoms with Crippen molar-refractivity contribution in [2.24, 2.45) is 0 Å². The zero-order chi connectivity index (χ0) is 9.15. The fourth-order valence-corrected chi connectivity index (χ4v) is 1.54. The molecule has 0 spiro atoms. The largest absolute Gasteiger partial charge is 0.112 e. The fourth-order valence-electron chi connectivity index (χ4n) is 1.54. The molecule has 2 aliphatic rings. The molecule has 13 heavy (non-hydrogen) atoms. The topological polar surface area (TPSA) is 0 Å². The van der Waals surface area contributed by atoms with E-state index in [1.807, 2.05) is 21.2 Å². The molecule has 46 valence electrons. The van der Waals surface area contributed by atoms with Crippen molar-refractivity contribution in [3.8, 4) is 0 Å². The molecule has 2 aliphatic heterocycles. The zero-order valence-corrected chi connectivity index (χ0v) is 7.85. The van der Waals surface area contributed by atoms with Crippen LogP contribution in [-0.2, 0) is 0 Å². The minimum Gasteiger partial charge on any atom is -0.112 e. The van der Waals surface area contributed by atoms with Crippen LogP contribution in [0.4, 0.5) is 0 Å². The molecule has 0 unspecified atom stereocenters. The van der Waals surface area contributed by atoms with Gasteiger partial charge < -0.3 is 0 Å². The highest BCUT2D eigenvalue weighted by Crippen LogP contribution is 2.53. The van der Waals surface area contributed by atoms with E-state index in [4.69, 9.17) is 0 Å². The lowest BCUT2D eigenvalue weighted by molar-refractivity contribution is 1.05. The van der Waals surface area contributed by atoms with Gasteiger partial charge in [-0.1, -0.05) is 6.92 Å². The highest BCUT2D eigenvalue weighted by molar-refractivity contribution is 7.68. The molecular formula is C3H4B10. The van der Waals surface area contributed by atoms with Crippen LogP contribution in [-0.4, -0.2) is 71.0 Å². The summed E-state index contributed by atoms with van der Waals surface area (Å²) >= 11 is 0. The zero-order valence-electron chi connectivity index (χ0n) is 7.85. The Kier molecular flexibility index (Phi) is 3.48. The smallest absolute Gasteiger partial charge is 0.0978 e. The van der Waals surface area contributed by atoms with Gasteiger partial charge >= 0.3 is 0 Å². The third kappa shape index (κ3) is 2.80. The Morgan fingerprint density at radius 2 is 1.46 bits per heavy atom. The maximum atomic E-state index is 2.35. The van der Waals surface area contributed by atoms with E-state index in [9.17, 15) is 0 Å². The predicted molar refractivity (Wildman–Crippen MR) is 69.7 cm³/mol. The second-order valence-corrected chi connectivity index (χ2v) is 3.76.